The van der Waals surface area contributed by atoms with Gasteiger partial charge in [-0.3, -0.25) is 9.59 Å². The Labute approximate surface area is 190 Å². The number of carbonyl (C=O) groups excluding carboxylic acids is 2. The molecule has 1 aromatic heterocycles. The Morgan fingerprint density at radius 1 is 1.03 bits per heavy atom. The van der Waals surface area contributed by atoms with E-state index in [0.717, 1.165) is 39.6 Å². The van der Waals surface area contributed by atoms with E-state index < -0.39 is 0 Å². The topological polar surface area (TPSA) is 71.1 Å². The molecule has 0 bridgehead atoms. The summed E-state index contributed by atoms with van der Waals surface area (Å²) in [5.41, 5.74) is 3.95. The lowest BCUT2D eigenvalue weighted by Gasteiger charge is -2.11. The van der Waals surface area contributed by atoms with Crippen molar-refractivity contribution in [2.75, 3.05) is 10.6 Å². The third kappa shape index (κ3) is 5.54. The van der Waals surface area contributed by atoms with E-state index in [4.69, 9.17) is 0 Å². The number of nitrogens with one attached hydrogen (secondary N) is 2. The molecule has 31 heavy (non-hydrogen) atoms. The number of carbonyl (C=O) groups is 2. The zero-order valence-electron chi connectivity index (χ0n) is 17.8. The molecule has 2 aromatic carbocycles. The molecule has 0 saturated heterocycles. The van der Waals surface area contributed by atoms with Gasteiger partial charge >= 0.3 is 0 Å². The molecule has 4 rings (SSSR count). The standard InChI is InChI=1S/C24H25N3O2S2/c1-14-4-6-17(7-5-14)21-15(2)31-24(26-21)27-22(28)16(3)30-20-12-10-19(11-13-20)25-23(29)18-8-9-18/h4-7,10-13,16,18H,8-9H2,1-3H3,(H,25,29)(H,26,27,28). The van der Waals surface area contributed by atoms with Gasteiger partial charge in [0, 0.05) is 26.9 Å². The molecule has 2 N–H and O–H groups in total. The summed E-state index contributed by atoms with van der Waals surface area (Å²) in [7, 11) is 0. The van der Waals surface area contributed by atoms with Crippen LogP contribution in [0.15, 0.2) is 53.4 Å². The van der Waals surface area contributed by atoms with Crippen LogP contribution in [0.25, 0.3) is 11.3 Å². The second kappa shape index (κ2) is 9.24. The smallest absolute Gasteiger partial charge is 0.239 e. The maximum absolute atomic E-state index is 12.7. The number of rotatable bonds is 7. The van der Waals surface area contributed by atoms with Crippen molar-refractivity contribution in [1.82, 2.24) is 4.98 Å². The third-order valence-electron chi connectivity index (χ3n) is 5.10. The molecule has 5 nitrogen and oxygen atoms in total. The summed E-state index contributed by atoms with van der Waals surface area (Å²) in [6.45, 7) is 5.95. The summed E-state index contributed by atoms with van der Waals surface area (Å²) in [5, 5.41) is 6.22. The predicted octanol–water partition coefficient (Wildman–Crippen LogP) is 5.89. The normalized spacial score (nSPS) is 14.2. The van der Waals surface area contributed by atoms with Crippen LogP contribution in [0.4, 0.5) is 10.8 Å². The minimum absolute atomic E-state index is 0.0830. The fourth-order valence-electron chi connectivity index (χ4n) is 3.10. The Balaban J connectivity index is 1.34. The summed E-state index contributed by atoms with van der Waals surface area (Å²) >= 11 is 2.97. The van der Waals surface area contributed by atoms with Crippen molar-refractivity contribution in [3.05, 3.63) is 59.0 Å². The number of thioether (sulfide) groups is 1. The maximum atomic E-state index is 12.7. The number of thiazole rings is 1. The van der Waals surface area contributed by atoms with Crippen LogP contribution in [0, 0.1) is 19.8 Å². The van der Waals surface area contributed by atoms with Gasteiger partial charge in [-0.1, -0.05) is 29.8 Å². The number of aryl methyl sites for hydroxylation is 2. The molecule has 0 aliphatic heterocycles. The highest BCUT2D eigenvalue weighted by Crippen LogP contribution is 2.32. The monoisotopic (exact) mass is 451 g/mol. The molecule has 7 heteroatoms. The van der Waals surface area contributed by atoms with Gasteiger partial charge in [0.2, 0.25) is 11.8 Å². The molecule has 160 valence electrons. The highest BCUT2D eigenvalue weighted by molar-refractivity contribution is 8.00. The number of hydrogen-bond donors (Lipinski definition) is 2. The SMILES string of the molecule is Cc1ccc(-c2nc(NC(=O)C(C)Sc3ccc(NC(=O)C4CC4)cc3)sc2C)cc1. The molecule has 1 unspecified atom stereocenters. The molecule has 1 saturated carbocycles. The van der Waals surface area contributed by atoms with Crippen molar-refractivity contribution < 1.29 is 9.59 Å². The first-order chi connectivity index (χ1) is 14.9. The van der Waals surface area contributed by atoms with Gasteiger partial charge in [0.1, 0.15) is 0 Å². The van der Waals surface area contributed by atoms with Crippen molar-refractivity contribution in [3.63, 3.8) is 0 Å². The van der Waals surface area contributed by atoms with Gasteiger partial charge in [0.15, 0.2) is 5.13 Å². The zero-order chi connectivity index (χ0) is 22.0. The van der Waals surface area contributed by atoms with Crippen molar-refractivity contribution >= 4 is 45.7 Å². The molecule has 1 atom stereocenters. The van der Waals surface area contributed by atoms with Crippen molar-refractivity contribution in [3.8, 4) is 11.3 Å². The number of anilines is 2. The Hall–Kier alpha value is -2.64. The van der Waals surface area contributed by atoms with E-state index in [0.29, 0.717) is 5.13 Å². The quantitative estimate of drug-likeness (QED) is 0.439. The average Bonchev–Trinajstić information content (AvgIpc) is 3.54. The van der Waals surface area contributed by atoms with Crippen LogP contribution < -0.4 is 10.6 Å². The lowest BCUT2D eigenvalue weighted by Crippen LogP contribution is -2.22. The number of benzene rings is 2. The van der Waals surface area contributed by atoms with E-state index >= 15 is 0 Å². The number of aromatic nitrogens is 1. The van der Waals surface area contributed by atoms with E-state index in [1.165, 1.54) is 28.7 Å². The van der Waals surface area contributed by atoms with Crippen molar-refractivity contribution in [2.45, 2.75) is 43.8 Å². The molecule has 0 radical (unpaired) electrons. The molecule has 1 heterocycles. The van der Waals surface area contributed by atoms with Gasteiger partial charge in [-0.25, -0.2) is 4.98 Å². The summed E-state index contributed by atoms with van der Waals surface area (Å²) in [4.78, 5) is 31.2. The number of hydrogen-bond acceptors (Lipinski definition) is 5. The summed E-state index contributed by atoms with van der Waals surface area (Å²) in [6, 6.07) is 15.9. The Morgan fingerprint density at radius 2 is 1.71 bits per heavy atom. The first kappa shape index (κ1) is 21.6. The van der Waals surface area contributed by atoms with Gasteiger partial charge in [-0.2, -0.15) is 0 Å². The third-order valence-corrected chi connectivity index (χ3v) is 7.10. The highest BCUT2D eigenvalue weighted by atomic mass is 32.2. The van der Waals surface area contributed by atoms with Crippen LogP contribution in [-0.2, 0) is 9.59 Å². The minimum Gasteiger partial charge on any atom is -0.326 e. The van der Waals surface area contributed by atoms with E-state index in [1.807, 2.05) is 38.1 Å². The molecule has 1 aliphatic rings. The van der Waals surface area contributed by atoms with Crippen LogP contribution in [0.2, 0.25) is 0 Å². The second-order valence-electron chi connectivity index (χ2n) is 7.83. The predicted molar refractivity (Wildman–Crippen MR) is 129 cm³/mol. The molecule has 2 amide bonds. The minimum atomic E-state index is -0.279. The van der Waals surface area contributed by atoms with Crippen LogP contribution >= 0.6 is 23.1 Å². The molecule has 1 aliphatic carbocycles. The van der Waals surface area contributed by atoms with Gasteiger partial charge in [-0.15, -0.1) is 23.1 Å². The Bertz CT molecular complexity index is 1090. The number of amides is 2. The fraction of sp³-hybridized carbons (Fsp3) is 0.292. The summed E-state index contributed by atoms with van der Waals surface area (Å²) in [6.07, 6.45) is 1.97. The Morgan fingerprint density at radius 3 is 2.35 bits per heavy atom. The molecular formula is C24H25N3O2S2. The number of nitrogens with zero attached hydrogens (tertiary/aromatic N) is 1. The van der Waals surface area contributed by atoms with Crippen LogP contribution in [0.3, 0.4) is 0 Å². The van der Waals surface area contributed by atoms with E-state index in [-0.39, 0.29) is 23.0 Å². The first-order valence-corrected chi connectivity index (χ1v) is 12.0. The van der Waals surface area contributed by atoms with Crippen molar-refractivity contribution in [2.24, 2.45) is 5.92 Å². The van der Waals surface area contributed by atoms with Crippen LogP contribution in [-0.4, -0.2) is 22.0 Å². The van der Waals surface area contributed by atoms with Crippen molar-refractivity contribution in [1.29, 1.82) is 0 Å². The largest absolute Gasteiger partial charge is 0.326 e. The van der Waals surface area contributed by atoms with Crippen LogP contribution in [0.5, 0.6) is 0 Å². The Kier molecular flexibility index (Phi) is 6.43. The molecule has 0 spiro atoms. The lowest BCUT2D eigenvalue weighted by molar-refractivity contribution is -0.117. The zero-order valence-corrected chi connectivity index (χ0v) is 19.4. The van der Waals surface area contributed by atoms with Gasteiger partial charge in [0.05, 0.1) is 10.9 Å². The highest BCUT2D eigenvalue weighted by Gasteiger charge is 2.29. The first-order valence-electron chi connectivity index (χ1n) is 10.3. The summed E-state index contributed by atoms with van der Waals surface area (Å²) in [5.74, 6) is 0.191. The van der Waals surface area contributed by atoms with Gasteiger partial charge < -0.3 is 10.6 Å². The second-order valence-corrected chi connectivity index (χ2v) is 10.4. The molecule has 1 fully saturated rings. The lowest BCUT2D eigenvalue weighted by atomic mass is 10.1. The van der Waals surface area contributed by atoms with E-state index in [2.05, 4.69) is 46.8 Å². The van der Waals surface area contributed by atoms with E-state index in [1.54, 1.807) is 0 Å². The van der Waals surface area contributed by atoms with Gasteiger partial charge in [-0.05, 0) is 57.9 Å². The molecular weight excluding hydrogens is 426 g/mol. The summed E-state index contributed by atoms with van der Waals surface area (Å²) < 4.78 is 0. The van der Waals surface area contributed by atoms with E-state index in [9.17, 15) is 9.59 Å². The fourth-order valence-corrected chi connectivity index (χ4v) is 4.81. The van der Waals surface area contributed by atoms with Gasteiger partial charge in [0.25, 0.3) is 0 Å². The average molecular weight is 452 g/mol. The maximum Gasteiger partial charge on any atom is 0.239 e. The van der Waals surface area contributed by atoms with Crippen LogP contribution in [0.1, 0.15) is 30.2 Å². The molecule has 3 aromatic rings.